The van der Waals surface area contributed by atoms with Crippen LogP contribution in [0.5, 0.6) is 0 Å². The molecule has 27 heavy (non-hydrogen) atoms. The van der Waals surface area contributed by atoms with Gasteiger partial charge in [-0.3, -0.25) is 9.69 Å². The van der Waals surface area contributed by atoms with Gasteiger partial charge in [0.05, 0.1) is 26.4 Å². The van der Waals surface area contributed by atoms with Crippen LogP contribution in [0.25, 0.3) is 0 Å². The highest BCUT2D eigenvalue weighted by Crippen LogP contribution is 2.24. The van der Waals surface area contributed by atoms with Crippen LogP contribution in [0.15, 0.2) is 18.3 Å². The molecule has 7 nitrogen and oxygen atoms in total. The molecule has 2 saturated heterocycles. The smallest absolute Gasteiger partial charge is 0.225 e. The van der Waals surface area contributed by atoms with Crippen LogP contribution >= 0.6 is 0 Å². The minimum absolute atomic E-state index is 0.0128. The van der Waals surface area contributed by atoms with E-state index in [-0.39, 0.29) is 11.8 Å². The molecule has 1 amide bonds. The van der Waals surface area contributed by atoms with Crippen molar-refractivity contribution < 1.29 is 14.3 Å². The average Bonchev–Trinajstić information content (AvgIpc) is 2.84. The van der Waals surface area contributed by atoms with Gasteiger partial charge in [0, 0.05) is 52.4 Å². The molecule has 0 bridgehead atoms. The topological polar surface area (TPSA) is 58.1 Å². The zero-order valence-electron chi connectivity index (χ0n) is 17.0. The second-order valence-electron chi connectivity index (χ2n) is 8.13. The van der Waals surface area contributed by atoms with E-state index in [0.29, 0.717) is 32.9 Å². The van der Waals surface area contributed by atoms with E-state index < -0.39 is 5.60 Å². The number of hydrogen-bond acceptors (Lipinski definition) is 6. The lowest BCUT2D eigenvalue weighted by molar-refractivity contribution is -0.153. The third kappa shape index (κ3) is 4.97. The van der Waals surface area contributed by atoms with E-state index in [4.69, 9.17) is 9.47 Å². The lowest BCUT2D eigenvalue weighted by Crippen LogP contribution is -2.59. The zero-order valence-corrected chi connectivity index (χ0v) is 17.0. The molecule has 3 rings (SSSR count). The molecule has 150 valence electrons. The predicted octanol–water partition coefficient (Wildman–Crippen LogP) is 1.23. The number of carbonyl (C=O) groups is 1. The summed E-state index contributed by atoms with van der Waals surface area (Å²) >= 11 is 0. The monoisotopic (exact) mass is 376 g/mol. The first-order chi connectivity index (χ1) is 12.9. The summed E-state index contributed by atoms with van der Waals surface area (Å²) in [5, 5.41) is 0. The van der Waals surface area contributed by atoms with Gasteiger partial charge in [-0.05, 0) is 11.6 Å². The molecule has 1 atom stereocenters. The maximum atomic E-state index is 12.5. The van der Waals surface area contributed by atoms with Crippen LogP contribution in [0.4, 0.5) is 5.82 Å². The third-order valence-electron chi connectivity index (χ3n) is 5.16. The standard InChI is InChI=1S/C20H32N4O3/c1-16(2)19(25)24-8-9-26-15-20(14-24)13-23(7-10-27-20)12-17-5-6-18(21-11-17)22(3)4/h5-6,11,16H,7-10,12-15H2,1-4H3/t20-/m0/s1. The fourth-order valence-corrected chi connectivity index (χ4v) is 3.73. The molecule has 2 aliphatic rings. The normalized spacial score (nSPS) is 24.3. The van der Waals surface area contributed by atoms with Crippen molar-refractivity contribution in [1.29, 1.82) is 0 Å². The van der Waals surface area contributed by atoms with Gasteiger partial charge < -0.3 is 19.3 Å². The van der Waals surface area contributed by atoms with Crippen LogP contribution in [0, 0.1) is 5.92 Å². The van der Waals surface area contributed by atoms with Gasteiger partial charge in [0.2, 0.25) is 5.91 Å². The van der Waals surface area contributed by atoms with Crippen molar-refractivity contribution in [2.45, 2.75) is 26.0 Å². The van der Waals surface area contributed by atoms with Crippen molar-refractivity contribution in [3.05, 3.63) is 23.9 Å². The summed E-state index contributed by atoms with van der Waals surface area (Å²) < 4.78 is 12.0. The number of nitrogens with zero attached hydrogens (tertiary/aromatic N) is 4. The van der Waals surface area contributed by atoms with Crippen molar-refractivity contribution in [3.8, 4) is 0 Å². The van der Waals surface area contributed by atoms with Gasteiger partial charge in [-0.25, -0.2) is 4.98 Å². The Kier molecular flexibility index (Phi) is 6.34. The zero-order chi connectivity index (χ0) is 19.4. The fraction of sp³-hybridized carbons (Fsp3) is 0.700. The molecule has 1 aromatic rings. The molecule has 0 saturated carbocycles. The molecule has 2 fully saturated rings. The molecule has 0 aromatic carbocycles. The van der Waals surface area contributed by atoms with Gasteiger partial charge in [0.1, 0.15) is 11.4 Å². The summed E-state index contributed by atoms with van der Waals surface area (Å²) in [5.41, 5.74) is 0.735. The molecular weight excluding hydrogens is 344 g/mol. The van der Waals surface area contributed by atoms with Crippen molar-refractivity contribution in [2.75, 3.05) is 65.0 Å². The second kappa shape index (κ2) is 8.54. The summed E-state index contributed by atoms with van der Waals surface area (Å²) in [5.74, 6) is 1.11. The molecule has 3 heterocycles. The number of morpholine rings is 1. The van der Waals surface area contributed by atoms with Crippen molar-refractivity contribution in [1.82, 2.24) is 14.8 Å². The first-order valence-corrected chi connectivity index (χ1v) is 9.74. The molecule has 2 aliphatic heterocycles. The largest absolute Gasteiger partial charge is 0.376 e. The minimum atomic E-state index is -0.448. The van der Waals surface area contributed by atoms with Crippen molar-refractivity contribution >= 4 is 11.7 Å². The molecule has 0 N–H and O–H groups in total. The molecule has 0 unspecified atom stereocenters. The third-order valence-corrected chi connectivity index (χ3v) is 5.16. The first-order valence-electron chi connectivity index (χ1n) is 9.74. The summed E-state index contributed by atoms with van der Waals surface area (Å²) in [6.45, 7) is 9.32. The number of rotatable bonds is 4. The maximum absolute atomic E-state index is 12.5. The quantitative estimate of drug-likeness (QED) is 0.788. The molecular formula is C20H32N4O3. The van der Waals surface area contributed by atoms with Gasteiger partial charge >= 0.3 is 0 Å². The molecule has 1 aromatic heterocycles. The predicted molar refractivity (Wildman–Crippen MR) is 105 cm³/mol. The number of ether oxygens (including phenoxy) is 2. The van der Waals surface area contributed by atoms with Crippen molar-refractivity contribution in [3.63, 3.8) is 0 Å². The van der Waals surface area contributed by atoms with Crippen LogP contribution < -0.4 is 4.90 Å². The van der Waals surface area contributed by atoms with Crippen LogP contribution in [0.3, 0.4) is 0 Å². The lowest BCUT2D eigenvalue weighted by atomic mass is 10.0. The van der Waals surface area contributed by atoms with Crippen LogP contribution in [0.2, 0.25) is 0 Å². The van der Waals surface area contributed by atoms with Crippen LogP contribution in [-0.2, 0) is 20.8 Å². The Balaban J connectivity index is 1.67. The van der Waals surface area contributed by atoms with Gasteiger partial charge in [0.15, 0.2) is 0 Å². The van der Waals surface area contributed by atoms with Gasteiger partial charge in [0.25, 0.3) is 0 Å². The number of anilines is 1. The molecule has 0 radical (unpaired) electrons. The van der Waals surface area contributed by atoms with E-state index in [1.54, 1.807) is 0 Å². The highest BCUT2D eigenvalue weighted by Gasteiger charge is 2.41. The summed E-state index contributed by atoms with van der Waals surface area (Å²) in [6, 6.07) is 4.17. The molecule has 7 heteroatoms. The van der Waals surface area contributed by atoms with E-state index >= 15 is 0 Å². The summed E-state index contributed by atoms with van der Waals surface area (Å²) in [7, 11) is 3.98. The van der Waals surface area contributed by atoms with Crippen LogP contribution in [-0.4, -0.2) is 86.4 Å². The van der Waals surface area contributed by atoms with Gasteiger partial charge in [-0.1, -0.05) is 19.9 Å². The average molecular weight is 377 g/mol. The Morgan fingerprint density at radius 1 is 1.26 bits per heavy atom. The van der Waals surface area contributed by atoms with E-state index in [0.717, 1.165) is 25.5 Å². The lowest BCUT2D eigenvalue weighted by Gasteiger charge is -2.43. The second-order valence-corrected chi connectivity index (χ2v) is 8.13. The molecule has 1 spiro atoms. The van der Waals surface area contributed by atoms with E-state index in [1.807, 2.05) is 50.0 Å². The Hall–Kier alpha value is -1.70. The Bertz CT molecular complexity index is 635. The minimum Gasteiger partial charge on any atom is -0.376 e. The Morgan fingerprint density at radius 3 is 2.74 bits per heavy atom. The number of pyridine rings is 1. The van der Waals surface area contributed by atoms with Crippen molar-refractivity contribution in [2.24, 2.45) is 5.92 Å². The van der Waals surface area contributed by atoms with E-state index in [1.165, 1.54) is 5.56 Å². The number of aromatic nitrogens is 1. The SMILES string of the molecule is CC(C)C(=O)N1CCOC[C@]2(CN(Cc3ccc(N(C)C)nc3)CCO2)C1. The maximum Gasteiger partial charge on any atom is 0.225 e. The van der Waals surface area contributed by atoms with Crippen LogP contribution in [0.1, 0.15) is 19.4 Å². The Morgan fingerprint density at radius 2 is 2.07 bits per heavy atom. The molecule has 0 aliphatic carbocycles. The van der Waals surface area contributed by atoms with E-state index in [2.05, 4.69) is 16.0 Å². The fourth-order valence-electron chi connectivity index (χ4n) is 3.73. The van der Waals surface area contributed by atoms with E-state index in [9.17, 15) is 4.79 Å². The highest BCUT2D eigenvalue weighted by atomic mass is 16.5. The number of carbonyl (C=O) groups excluding carboxylic acids is 1. The highest BCUT2D eigenvalue weighted by molar-refractivity contribution is 5.78. The summed E-state index contributed by atoms with van der Waals surface area (Å²) in [6.07, 6.45) is 1.94. The Labute approximate surface area is 162 Å². The first kappa shape index (κ1) is 20.0. The van der Waals surface area contributed by atoms with Gasteiger partial charge in [-0.2, -0.15) is 0 Å². The number of amides is 1. The van der Waals surface area contributed by atoms with Gasteiger partial charge in [-0.15, -0.1) is 0 Å². The number of hydrogen-bond donors (Lipinski definition) is 0. The summed E-state index contributed by atoms with van der Waals surface area (Å²) in [4.78, 5) is 23.3.